The van der Waals surface area contributed by atoms with E-state index in [-0.39, 0.29) is 24.3 Å². The van der Waals surface area contributed by atoms with Crippen molar-refractivity contribution in [3.05, 3.63) is 22.5 Å². The maximum Gasteiger partial charge on any atom is 0.248 e. The number of fused-ring (bicyclic) bond motifs is 1. The van der Waals surface area contributed by atoms with Crippen LogP contribution < -0.4 is 5.32 Å². The molecule has 2 saturated carbocycles. The smallest absolute Gasteiger partial charge is 0.248 e. The van der Waals surface area contributed by atoms with Crippen LogP contribution in [0.15, 0.2) is 6.20 Å². The first kappa shape index (κ1) is 18.4. The van der Waals surface area contributed by atoms with Crippen molar-refractivity contribution < 1.29 is 8.78 Å². The molecule has 0 radical (unpaired) electrons. The van der Waals surface area contributed by atoms with Crippen molar-refractivity contribution in [3.63, 3.8) is 0 Å². The molecule has 27 heavy (non-hydrogen) atoms. The third-order valence-corrected chi connectivity index (χ3v) is 6.66. The van der Waals surface area contributed by atoms with Crippen LogP contribution in [0.3, 0.4) is 0 Å². The van der Waals surface area contributed by atoms with Crippen LogP contribution in [-0.2, 0) is 5.41 Å². The maximum absolute atomic E-state index is 13.4. The highest BCUT2D eigenvalue weighted by Gasteiger charge is 2.43. The molecule has 8 heteroatoms. The highest BCUT2D eigenvalue weighted by molar-refractivity contribution is 6.35. The van der Waals surface area contributed by atoms with E-state index >= 15 is 0 Å². The largest absolute Gasteiger partial charge is 0.350 e. The minimum Gasteiger partial charge on any atom is -0.350 e. The molecule has 2 fully saturated rings. The molecule has 2 aliphatic carbocycles. The Morgan fingerprint density at radius 2 is 2.04 bits per heavy atom. The molecule has 0 saturated heterocycles. The zero-order chi connectivity index (χ0) is 19.2. The molecule has 2 aromatic heterocycles. The van der Waals surface area contributed by atoms with E-state index in [0.717, 1.165) is 31.4 Å². The number of aromatic nitrogens is 3. The number of nitrogens with zero attached hydrogens (tertiary/aromatic N) is 4. The van der Waals surface area contributed by atoms with E-state index in [4.69, 9.17) is 11.6 Å². The van der Waals surface area contributed by atoms with Gasteiger partial charge in [0.1, 0.15) is 11.6 Å². The standard InChI is InChI=1S/C19H22ClF2N5/c1-2-18(6-3-7-18)16-13(10-23)15(20)14-11-24-17(26-27(14)16)25-12-4-8-19(21,22)9-5-12/h11-12H,2-9H2,1H3,(H,25,26). The van der Waals surface area contributed by atoms with Crippen LogP contribution in [0.25, 0.3) is 5.52 Å². The van der Waals surface area contributed by atoms with Crippen LogP contribution in [0.1, 0.15) is 69.5 Å². The normalized spacial score (nSPS) is 21.6. The van der Waals surface area contributed by atoms with Crippen LogP contribution in [0, 0.1) is 11.3 Å². The second kappa shape index (κ2) is 6.59. The molecule has 144 valence electrons. The summed E-state index contributed by atoms with van der Waals surface area (Å²) in [5.74, 6) is -2.18. The molecular formula is C19H22ClF2N5. The van der Waals surface area contributed by atoms with Crippen molar-refractivity contribution >= 4 is 23.1 Å². The Balaban J connectivity index is 1.71. The average molecular weight is 394 g/mol. The number of hydrogen-bond acceptors (Lipinski definition) is 4. The van der Waals surface area contributed by atoms with Crippen LogP contribution in [0.5, 0.6) is 0 Å². The van der Waals surface area contributed by atoms with Crippen molar-refractivity contribution in [1.82, 2.24) is 14.6 Å². The molecule has 2 aromatic rings. The van der Waals surface area contributed by atoms with E-state index in [1.807, 2.05) is 0 Å². The van der Waals surface area contributed by atoms with E-state index in [1.165, 1.54) is 0 Å². The van der Waals surface area contributed by atoms with E-state index in [1.54, 1.807) is 10.7 Å². The Morgan fingerprint density at radius 3 is 2.59 bits per heavy atom. The molecule has 0 amide bonds. The highest BCUT2D eigenvalue weighted by atomic mass is 35.5. The lowest BCUT2D eigenvalue weighted by Crippen LogP contribution is -2.36. The molecule has 1 N–H and O–H groups in total. The van der Waals surface area contributed by atoms with Crippen LogP contribution in [0.4, 0.5) is 14.7 Å². The summed E-state index contributed by atoms with van der Waals surface area (Å²) in [6.45, 7) is 2.12. The summed E-state index contributed by atoms with van der Waals surface area (Å²) in [7, 11) is 0. The molecule has 0 unspecified atom stereocenters. The van der Waals surface area contributed by atoms with Gasteiger partial charge in [0.05, 0.1) is 22.5 Å². The van der Waals surface area contributed by atoms with Crippen molar-refractivity contribution in [3.8, 4) is 6.07 Å². The Hall–Kier alpha value is -1.94. The topological polar surface area (TPSA) is 66.0 Å². The first-order chi connectivity index (χ1) is 12.9. The molecule has 0 aromatic carbocycles. The number of rotatable bonds is 4. The van der Waals surface area contributed by atoms with E-state index in [0.29, 0.717) is 34.9 Å². The second-order valence-corrected chi connectivity index (χ2v) is 8.17. The molecule has 0 spiro atoms. The van der Waals surface area contributed by atoms with Crippen LogP contribution in [-0.4, -0.2) is 26.6 Å². The summed E-state index contributed by atoms with van der Waals surface area (Å²) in [4.78, 5) is 4.31. The van der Waals surface area contributed by atoms with E-state index in [9.17, 15) is 14.0 Å². The third kappa shape index (κ3) is 3.04. The van der Waals surface area contributed by atoms with Gasteiger partial charge >= 0.3 is 0 Å². The van der Waals surface area contributed by atoms with Gasteiger partial charge in [-0.15, -0.1) is 5.10 Å². The summed E-state index contributed by atoms with van der Waals surface area (Å²) in [6, 6.07) is 2.17. The van der Waals surface area contributed by atoms with E-state index < -0.39 is 5.92 Å². The fourth-order valence-electron chi connectivity index (χ4n) is 4.40. The van der Waals surface area contributed by atoms with Gasteiger partial charge in [-0.1, -0.05) is 24.9 Å². The molecule has 2 heterocycles. The van der Waals surface area contributed by atoms with Gasteiger partial charge in [0.2, 0.25) is 11.9 Å². The zero-order valence-corrected chi connectivity index (χ0v) is 16.0. The minimum atomic E-state index is -2.57. The number of alkyl halides is 2. The number of halogens is 3. The van der Waals surface area contributed by atoms with Crippen LogP contribution >= 0.6 is 11.6 Å². The lowest BCUT2D eigenvalue weighted by molar-refractivity contribution is -0.0361. The zero-order valence-electron chi connectivity index (χ0n) is 15.2. The Labute approximate surface area is 161 Å². The molecular weight excluding hydrogens is 372 g/mol. The first-order valence-corrected chi connectivity index (χ1v) is 9.89. The van der Waals surface area contributed by atoms with Gasteiger partial charge in [0.15, 0.2) is 0 Å². The van der Waals surface area contributed by atoms with Gasteiger partial charge in [-0.3, -0.25) is 0 Å². The van der Waals surface area contributed by atoms with E-state index in [2.05, 4.69) is 28.4 Å². The van der Waals surface area contributed by atoms with Gasteiger partial charge in [-0.25, -0.2) is 18.3 Å². The fraction of sp³-hybridized carbons (Fsp3) is 0.632. The van der Waals surface area contributed by atoms with Crippen molar-refractivity contribution in [1.29, 1.82) is 5.26 Å². The Kier molecular flexibility index (Phi) is 4.50. The fourth-order valence-corrected chi connectivity index (χ4v) is 4.66. The monoisotopic (exact) mass is 393 g/mol. The number of hydrogen-bond donors (Lipinski definition) is 1. The predicted molar refractivity (Wildman–Crippen MR) is 99.4 cm³/mol. The van der Waals surface area contributed by atoms with Crippen molar-refractivity contribution in [2.24, 2.45) is 0 Å². The van der Waals surface area contributed by atoms with Gasteiger partial charge in [0, 0.05) is 24.3 Å². The quantitative estimate of drug-likeness (QED) is 0.786. The molecule has 4 rings (SSSR count). The Morgan fingerprint density at radius 1 is 1.33 bits per heavy atom. The molecule has 0 bridgehead atoms. The van der Waals surface area contributed by atoms with Gasteiger partial charge in [0.25, 0.3) is 0 Å². The number of nitriles is 1. The van der Waals surface area contributed by atoms with Gasteiger partial charge < -0.3 is 5.32 Å². The first-order valence-electron chi connectivity index (χ1n) is 9.51. The average Bonchev–Trinajstić information content (AvgIpc) is 2.89. The summed E-state index contributed by atoms with van der Waals surface area (Å²) in [5.41, 5.74) is 1.87. The third-order valence-electron chi connectivity index (χ3n) is 6.28. The predicted octanol–water partition coefficient (Wildman–Crippen LogP) is 5.08. The highest BCUT2D eigenvalue weighted by Crippen LogP contribution is 2.49. The molecule has 0 atom stereocenters. The lowest BCUT2D eigenvalue weighted by atomic mass is 9.64. The number of nitrogens with one attached hydrogen (secondary N) is 1. The van der Waals surface area contributed by atoms with Crippen LogP contribution in [0.2, 0.25) is 5.02 Å². The minimum absolute atomic E-state index is 0.0733. The van der Waals surface area contributed by atoms with Gasteiger partial charge in [-0.05, 0) is 32.1 Å². The van der Waals surface area contributed by atoms with Crippen molar-refractivity contribution in [2.75, 3.05) is 5.32 Å². The molecule has 0 aliphatic heterocycles. The summed E-state index contributed by atoms with van der Waals surface area (Å²) in [6.07, 6.45) is 6.18. The lowest BCUT2D eigenvalue weighted by Gasteiger charge is -2.41. The van der Waals surface area contributed by atoms with Crippen molar-refractivity contribution in [2.45, 2.75) is 75.7 Å². The second-order valence-electron chi connectivity index (χ2n) is 7.79. The molecule has 5 nitrogen and oxygen atoms in total. The molecule has 2 aliphatic rings. The summed E-state index contributed by atoms with van der Waals surface area (Å²) in [5, 5.41) is 17.9. The maximum atomic E-state index is 13.4. The van der Waals surface area contributed by atoms with Gasteiger partial charge in [-0.2, -0.15) is 5.26 Å². The summed E-state index contributed by atoms with van der Waals surface area (Å²) < 4.78 is 28.5. The number of anilines is 1. The SMILES string of the molecule is CCC1(c2c(C#N)c(Cl)c3cnc(NC4CCC(F)(F)CC4)nn23)CCC1. The summed E-state index contributed by atoms with van der Waals surface area (Å²) >= 11 is 6.46. The Bertz CT molecular complexity index is 897.